The molecule has 0 aliphatic rings. The Labute approximate surface area is 112 Å². The second-order valence-corrected chi connectivity index (χ2v) is 5.10. The van der Waals surface area contributed by atoms with Crippen LogP contribution in [0.4, 0.5) is 0 Å². The van der Waals surface area contributed by atoms with E-state index in [4.69, 9.17) is 0 Å². The minimum atomic E-state index is 0.0342. The molecule has 1 amide bonds. The van der Waals surface area contributed by atoms with Crippen molar-refractivity contribution >= 4 is 21.8 Å². The fourth-order valence-corrected chi connectivity index (χ4v) is 1.98. The van der Waals surface area contributed by atoms with E-state index in [9.17, 15) is 4.79 Å². The number of amides is 1. The number of benzene rings is 1. The number of unbranched alkanes of at least 4 members (excludes halogenated alkanes) is 2. The van der Waals surface area contributed by atoms with Crippen molar-refractivity contribution in [2.45, 2.75) is 33.1 Å². The molecule has 0 aliphatic carbocycles. The first kappa shape index (κ1) is 14.2. The highest BCUT2D eigenvalue weighted by Gasteiger charge is 2.05. The molecule has 94 valence electrons. The van der Waals surface area contributed by atoms with Crippen LogP contribution in [0, 0.1) is 13.8 Å². The summed E-state index contributed by atoms with van der Waals surface area (Å²) in [6, 6.07) is 5.83. The zero-order valence-electron chi connectivity index (χ0n) is 10.6. The molecular weight excluding hydrogens is 278 g/mol. The maximum atomic E-state index is 11.8. The molecule has 3 heteroatoms. The van der Waals surface area contributed by atoms with Gasteiger partial charge in [0.15, 0.2) is 0 Å². The number of halogens is 1. The third kappa shape index (κ3) is 4.90. The van der Waals surface area contributed by atoms with Crippen molar-refractivity contribution in [2.24, 2.45) is 0 Å². The maximum absolute atomic E-state index is 11.8. The summed E-state index contributed by atoms with van der Waals surface area (Å²) in [5.41, 5.74) is 3.14. The highest BCUT2D eigenvalue weighted by Crippen LogP contribution is 2.09. The van der Waals surface area contributed by atoms with Crippen LogP contribution in [0.5, 0.6) is 0 Å². The molecule has 1 N–H and O–H groups in total. The number of alkyl halides is 1. The summed E-state index contributed by atoms with van der Waals surface area (Å²) in [5.74, 6) is 0.0342. The quantitative estimate of drug-likeness (QED) is 0.631. The Morgan fingerprint density at radius 2 is 1.94 bits per heavy atom. The SMILES string of the molecule is Cc1ccc(C(=O)NCCCCCBr)cc1C. The smallest absolute Gasteiger partial charge is 0.251 e. The Hall–Kier alpha value is -0.830. The lowest BCUT2D eigenvalue weighted by Gasteiger charge is -2.07. The zero-order valence-corrected chi connectivity index (χ0v) is 12.1. The second-order valence-electron chi connectivity index (χ2n) is 4.30. The molecule has 0 spiro atoms. The molecule has 0 bridgehead atoms. The molecule has 0 unspecified atom stereocenters. The maximum Gasteiger partial charge on any atom is 0.251 e. The largest absolute Gasteiger partial charge is 0.352 e. The normalized spacial score (nSPS) is 10.3. The highest BCUT2D eigenvalue weighted by atomic mass is 79.9. The number of nitrogens with one attached hydrogen (secondary N) is 1. The van der Waals surface area contributed by atoms with Gasteiger partial charge in [-0.25, -0.2) is 0 Å². The van der Waals surface area contributed by atoms with Crippen LogP contribution in [0.1, 0.15) is 40.7 Å². The Kier molecular flexibility index (Phi) is 6.27. The zero-order chi connectivity index (χ0) is 12.7. The van der Waals surface area contributed by atoms with E-state index in [1.54, 1.807) is 0 Å². The first-order valence-electron chi connectivity index (χ1n) is 6.06. The third-order valence-corrected chi connectivity index (χ3v) is 3.43. The van der Waals surface area contributed by atoms with Crippen LogP contribution >= 0.6 is 15.9 Å². The molecule has 1 aromatic rings. The molecule has 0 aromatic heterocycles. The van der Waals surface area contributed by atoms with Crippen molar-refractivity contribution < 1.29 is 4.79 Å². The first-order chi connectivity index (χ1) is 8.15. The van der Waals surface area contributed by atoms with Gasteiger partial charge in [0.25, 0.3) is 5.91 Å². The lowest BCUT2D eigenvalue weighted by molar-refractivity contribution is 0.0953. The molecule has 0 fully saturated rings. The molecule has 1 aromatic carbocycles. The van der Waals surface area contributed by atoms with Crippen LogP contribution in [0.2, 0.25) is 0 Å². The molecule has 2 nitrogen and oxygen atoms in total. The fraction of sp³-hybridized carbons (Fsp3) is 0.500. The Bertz CT molecular complexity index is 376. The molecule has 0 atom stereocenters. The van der Waals surface area contributed by atoms with Gasteiger partial charge in [-0.15, -0.1) is 0 Å². The van der Waals surface area contributed by atoms with Gasteiger partial charge in [-0.1, -0.05) is 28.4 Å². The van der Waals surface area contributed by atoms with Crippen LogP contribution in [-0.2, 0) is 0 Å². The minimum absolute atomic E-state index is 0.0342. The summed E-state index contributed by atoms with van der Waals surface area (Å²) in [7, 11) is 0. The number of hydrogen-bond acceptors (Lipinski definition) is 1. The summed E-state index contributed by atoms with van der Waals surface area (Å²) >= 11 is 3.39. The summed E-state index contributed by atoms with van der Waals surface area (Å²) in [5, 5.41) is 3.99. The average molecular weight is 298 g/mol. The van der Waals surface area contributed by atoms with Crippen molar-refractivity contribution in [3.8, 4) is 0 Å². The van der Waals surface area contributed by atoms with Crippen LogP contribution in [-0.4, -0.2) is 17.8 Å². The topological polar surface area (TPSA) is 29.1 Å². The number of rotatable bonds is 6. The van der Waals surface area contributed by atoms with E-state index in [1.165, 1.54) is 12.0 Å². The Morgan fingerprint density at radius 3 is 2.59 bits per heavy atom. The minimum Gasteiger partial charge on any atom is -0.352 e. The van der Waals surface area contributed by atoms with Gasteiger partial charge in [-0.3, -0.25) is 4.79 Å². The van der Waals surface area contributed by atoms with Gasteiger partial charge in [-0.2, -0.15) is 0 Å². The predicted molar refractivity (Wildman–Crippen MR) is 75.9 cm³/mol. The molecule has 1 rings (SSSR count). The first-order valence-corrected chi connectivity index (χ1v) is 7.18. The van der Waals surface area contributed by atoms with Crippen molar-refractivity contribution in [3.05, 3.63) is 34.9 Å². The number of hydrogen-bond donors (Lipinski definition) is 1. The van der Waals surface area contributed by atoms with Gasteiger partial charge < -0.3 is 5.32 Å². The van der Waals surface area contributed by atoms with Crippen molar-refractivity contribution in [1.82, 2.24) is 5.32 Å². The lowest BCUT2D eigenvalue weighted by Crippen LogP contribution is -2.24. The molecule has 0 saturated carbocycles. The van der Waals surface area contributed by atoms with Gasteiger partial charge in [0.2, 0.25) is 0 Å². The van der Waals surface area contributed by atoms with E-state index < -0.39 is 0 Å². The van der Waals surface area contributed by atoms with Crippen LogP contribution < -0.4 is 5.32 Å². The van der Waals surface area contributed by atoms with Gasteiger partial charge >= 0.3 is 0 Å². The Morgan fingerprint density at radius 1 is 1.18 bits per heavy atom. The van der Waals surface area contributed by atoms with Crippen molar-refractivity contribution in [1.29, 1.82) is 0 Å². The number of carbonyl (C=O) groups excluding carboxylic acids is 1. The molecule has 0 heterocycles. The van der Waals surface area contributed by atoms with Gasteiger partial charge in [0, 0.05) is 17.4 Å². The van der Waals surface area contributed by atoms with E-state index in [-0.39, 0.29) is 5.91 Å². The molecular formula is C14H20BrNO. The van der Waals surface area contributed by atoms with E-state index >= 15 is 0 Å². The van der Waals surface area contributed by atoms with Gasteiger partial charge in [0.1, 0.15) is 0 Å². The van der Waals surface area contributed by atoms with Gasteiger partial charge in [0.05, 0.1) is 0 Å². The van der Waals surface area contributed by atoms with Crippen LogP contribution in [0.25, 0.3) is 0 Å². The van der Waals surface area contributed by atoms with Crippen molar-refractivity contribution in [2.75, 3.05) is 11.9 Å². The number of carbonyl (C=O) groups is 1. The molecule has 0 aliphatic heterocycles. The summed E-state index contributed by atoms with van der Waals surface area (Å²) in [6.45, 7) is 4.85. The average Bonchev–Trinajstić information content (AvgIpc) is 2.32. The molecule has 0 radical (unpaired) electrons. The van der Waals surface area contributed by atoms with E-state index in [0.717, 1.165) is 35.8 Å². The van der Waals surface area contributed by atoms with Crippen molar-refractivity contribution in [3.63, 3.8) is 0 Å². The second kappa shape index (κ2) is 7.49. The lowest BCUT2D eigenvalue weighted by atomic mass is 10.1. The number of aryl methyl sites for hydroxylation is 2. The van der Waals surface area contributed by atoms with Crippen LogP contribution in [0.15, 0.2) is 18.2 Å². The third-order valence-electron chi connectivity index (χ3n) is 2.87. The predicted octanol–water partition coefficient (Wildman–Crippen LogP) is 3.60. The summed E-state index contributed by atoms with van der Waals surface area (Å²) < 4.78 is 0. The van der Waals surface area contributed by atoms with E-state index in [1.807, 2.05) is 25.1 Å². The monoisotopic (exact) mass is 297 g/mol. The van der Waals surface area contributed by atoms with Crippen LogP contribution in [0.3, 0.4) is 0 Å². The summed E-state index contributed by atoms with van der Waals surface area (Å²) in [6.07, 6.45) is 3.36. The van der Waals surface area contributed by atoms with Gasteiger partial charge in [-0.05, 0) is 49.9 Å². The van der Waals surface area contributed by atoms with E-state index in [2.05, 4.69) is 28.2 Å². The molecule has 0 saturated heterocycles. The molecule has 17 heavy (non-hydrogen) atoms. The van der Waals surface area contributed by atoms with E-state index in [0.29, 0.717) is 0 Å². The Balaban J connectivity index is 2.39. The fourth-order valence-electron chi connectivity index (χ4n) is 1.58. The summed E-state index contributed by atoms with van der Waals surface area (Å²) in [4.78, 5) is 11.8. The highest BCUT2D eigenvalue weighted by molar-refractivity contribution is 9.09. The standard InChI is InChI=1S/C14H20BrNO/c1-11-6-7-13(10-12(11)2)14(17)16-9-5-3-4-8-15/h6-7,10H,3-5,8-9H2,1-2H3,(H,16,17).